The molecule has 2 aromatic rings. The lowest BCUT2D eigenvalue weighted by molar-refractivity contribution is 0.595. The Hall–Kier alpha value is -1.93. The second kappa shape index (κ2) is 6.68. The summed E-state index contributed by atoms with van der Waals surface area (Å²) in [7, 11) is 1.59. The van der Waals surface area contributed by atoms with Crippen LogP contribution in [0.1, 0.15) is 12.5 Å². The van der Waals surface area contributed by atoms with Crippen LogP contribution in [0.15, 0.2) is 37.8 Å². The van der Waals surface area contributed by atoms with E-state index in [-0.39, 0.29) is 5.82 Å². The fraction of sp³-hybridized carbons (Fsp3) is 0.308. The Morgan fingerprint density at radius 1 is 1.43 bits per heavy atom. The zero-order chi connectivity index (χ0) is 15.4. The van der Waals surface area contributed by atoms with E-state index in [4.69, 9.17) is 0 Å². The molecule has 0 aliphatic heterocycles. The van der Waals surface area contributed by atoms with Crippen LogP contribution in [0, 0.1) is 5.82 Å². The maximum absolute atomic E-state index is 13.4. The molecule has 1 heterocycles. The van der Waals surface area contributed by atoms with Gasteiger partial charge in [-0.25, -0.2) is 4.39 Å². The predicted octanol–water partition coefficient (Wildman–Crippen LogP) is 0.868. The summed E-state index contributed by atoms with van der Waals surface area (Å²) in [6.45, 7) is 3.23. The average molecular weight is 310 g/mol. The first kappa shape index (κ1) is 15.5. The van der Waals surface area contributed by atoms with Crippen molar-refractivity contribution in [2.24, 2.45) is 7.05 Å². The number of hydrogen-bond acceptors (Lipinski definition) is 5. The minimum atomic E-state index is -0.842. The van der Waals surface area contributed by atoms with Gasteiger partial charge >= 0.3 is 11.1 Å². The van der Waals surface area contributed by atoms with E-state index in [1.807, 2.05) is 6.92 Å². The van der Waals surface area contributed by atoms with Gasteiger partial charge in [-0.2, -0.15) is 4.98 Å². The van der Waals surface area contributed by atoms with Crippen LogP contribution in [0.5, 0.6) is 0 Å². The van der Waals surface area contributed by atoms with Crippen LogP contribution >= 0.6 is 11.8 Å². The molecule has 0 aliphatic carbocycles. The highest BCUT2D eigenvalue weighted by Gasteiger charge is 2.10. The molecule has 0 amide bonds. The van der Waals surface area contributed by atoms with Gasteiger partial charge in [-0.15, -0.1) is 0 Å². The monoisotopic (exact) mass is 310 g/mol. The van der Waals surface area contributed by atoms with E-state index in [1.54, 1.807) is 13.1 Å². The Balaban J connectivity index is 2.37. The number of hydrogen-bond donors (Lipinski definition) is 2. The SMILES string of the molecule is CCNCc1cc(F)ccc1Sc1nc(=O)c(=O)[nH]n1C. The Morgan fingerprint density at radius 3 is 2.90 bits per heavy atom. The molecule has 8 heteroatoms. The highest BCUT2D eigenvalue weighted by molar-refractivity contribution is 7.99. The Bertz CT molecular complexity index is 757. The largest absolute Gasteiger partial charge is 0.339 e. The molecule has 0 spiro atoms. The van der Waals surface area contributed by atoms with Crippen molar-refractivity contribution in [1.29, 1.82) is 0 Å². The number of aryl methyl sites for hydroxylation is 1. The van der Waals surface area contributed by atoms with Crippen LogP contribution in [0.2, 0.25) is 0 Å². The molecule has 2 rings (SSSR count). The first-order valence-corrected chi connectivity index (χ1v) is 7.17. The maximum atomic E-state index is 13.4. The standard InChI is InChI=1S/C13H15FN4O2S/c1-3-15-7-8-6-9(14)4-5-10(8)21-13-16-11(19)12(20)17-18(13)2/h4-6,15H,3,7H2,1-2H3,(H,17,20). The molecule has 0 atom stereocenters. The molecule has 0 saturated heterocycles. The second-order valence-electron chi connectivity index (χ2n) is 4.33. The summed E-state index contributed by atoms with van der Waals surface area (Å²) in [6.07, 6.45) is 0. The molecule has 0 unspecified atom stereocenters. The van der Waals surface area contributed by atoms with Crippen LogP contribution in [0.25, 0.3) is 0 Å². The summed E-state index contributed by atoms with van der Waals surface area (Å²) in [6, 6.07) is 4.42. The lowest BCUT2D eigenvalue weighted by Crippen LogP contribution is -2.33. The molecule has 0 bridgehead atoms. The predicted molar refractivity (Wildman–Crippen MR) is 78.0 cm³/mol. The number of rotatable bonds is 5. The van der Waals surface area contributed by atoms with E-state index < -0.39 is 11.1 Å². The lowest BCUT2D eigenvalue weighted by atomic mass is 10.2. The van der Waals surface area contributed by atoms with E-state index in [1.165, 1.54) is 28.6 Å². The van der Waals surface area contributed by atoms with Crippen molar-refractivity contribution in [1.82, 2.24) is 20.1 Å². The van der Waals surface area contributed by atoms with Gasteiger partial charge in [0, 0.05) is 18.5 Å². The normalized spacial score (nSPS) is 10.8. The Labute approximate surface area is 124 Å². The maximum Gasteiger partial charge on any atom is 0.339 e. The number of nitrogens with one attached hydrogen (secondary N) is 2. The van der Waals surface area contributed by atoms with Gasteiger partial charge in [-0.3, -0.25) is 19.4 Å². The van der Waals surface area contributed by atoms with Crippen molar-refractivity contribution in [2.75, 3.05) is 6.54 Å². The average Bonchev–Trinajstić information content (AvgIpc) is 2.44. The smallest absolute Gasteiger partial charge is 0.313 e. The molecule has 1 aromatic carbocycles. The van der Waals surface area contributed by atoms with Crippen molar-refractivity contribution in [3.8, 4) is 0 Å². The van der Waals surface area contributed by atoms with Crippen molar-refractivity contribution in [3.05, 3.63) is 50.3 Å². The number of halogens is 1. The molecular weight excluding hydrogens is 295 g/mol. The van der Waals surface area contributed by atoms with E-state index in [9.17, 15) is 14.0 Å². The fourth-order valence-electron chi connectivity index (χ4n) is 1.70. The third-order valence-corrected chi connectivity index (χ3v) is 3.90. The first-order valence-electron chi connectivity index (χ1n) is 6.35. The van der Waals surface area contributed by atoms with Crippen molar-refractivity contribution >= 4 is 11.8 Å². The first-order chi connectivity index (χ1) is 10.0. The molecule has 0 radical (unpaired) electrons. The van der Waals surface area contributed by atoms with Crippen molar-refractivity contribution in [3.63, 3.8) is 0 Å². The van der Waals surface area contributed by atoms with Gasteiger partial charge in [0.2, 0.25) is 0 Å². The number of H-pyrrole nitrogens is 1. The summed E-state index contributed by atoms with van der Waals surface area (Å²) in [5.41, 5.74) is -0.845. The molecule has 21 heavy (non-hydrogen) atoms. The van der Waals surface area contributed by atoms with Crippen LogP contribution in [0.4, 0.5) is 4.39 Å². The summed E-state index contributed by atoms with van der Waals surface area (Å²) in [5.74, 6) is -0.324. The quantitative estimate of drug-likeness (QED) is 0.801. The zero-order valence-electron chi connectivity index (χ0n) is 11.6. The minimum absolute atomic E-state index is 0.324. The third-order valence-electron chi connectivity index (χ3n) is 2.74. The fourth-order valence-corrected chi connectivity index (χ4v) is 2.60. The van der Waals surface area contributed by atoms with Gasteiger partial charge in [0.25, 0.3) is 0 Å². The van der Waals surface area contributed by atoms with Gasteiger partial charge < -0.3 is 5.32 Å². The highest BCUT2D eigenvalue weighted by Crippen LogP contribution is 2.28. The highest BCUT2D eigenvalue weighted by atomic mass is 32.2. The van der Waals surface area contributed by atoms with E-state index >= 15 is 0 Å². The van der Waals surface area contributed by atoms with Crippen LogP contribution in [-0.4, -0.2) is 21.3 Å². The van der Waals surface area contributed by atoms with Gasteiger partial charge in [0.15, 0.2) is 5.16 Å². The molecule has 6 nitrogen and oxygen atoms in total. The number of benzene rings is 1. The molecule has 0 fully saturated rings. The topological polar surface area (TPSA) is 79.8 Å². The third kappa shape index (κ3) is 3.79. The molecule has 2 N–H and O–H groups in total. The summed E-state index contributed by atoms with van der Waals surface area (Å²) in [4.78, 5) is 27.0. The molecule has 0 saturated carbocycles. The number of aromatic nitrogens is 3. The summed E-state index contributed by atoms with van der Waals surface area (Å²) in [5, 5.41) is 5.84. The summed E-state index contributed by atoms with van der Waals surface area (Å²) < 4.78 is 14.7. The Kier molecular flexibility index (Phi) is 4.92. The number of nitrogens with zero attached hydrogens (tertiary/aromatic N) is 2. The van der Waals surface area contributed by atoms with Gasteiger partial charge in [0.05, 0.1) is 0 Å². The molecular formula is C13H15FN4O2S. The molecule has 112 valence electrons. The van der Waals surface area contributed by atoms with E-state index in [2.05, 4.69) is 15.4 Å². The minimum Gasteiger partial charge on any atom is -0.313 e. The lowest BCUT2D eigenvalue weighted by Gasteiger charge is -2.11. The zero-order valence-corrected chi connectivity index (χ0v) is 12.5. The van der Waals surface area contributed by atoms with Gasteiger partial charge in [-0.05, 0) is 42.1 Å². The number of aromatic amines is 1. The van der Waals surface area contributed by atoms with E-state index in [0.29, 0.717) is 11.7 Å². The molecule has 1 aromatic heterocycles. The van der Waals surface area contributed by atoms with Crippen LogP contribution in [-0.2, 0) is 13.6 Å². The van der Waals surface area contributed by atoms with E-state index in [0.717, 1.165) is 17.0 Å². The van der Waals surface area contributed by atoms with Gasteiger partial charge in [-0.1, -0.05) is 6.92 Å². The van der Waals surface area contributed by atoms with Crippen molar-refractivity contribution < 1.29 is 4.39 Å². The Morgan fingerprint density at radius 2 is 2.19 bits per heavy atom. The summed E-state index contributed by atoms with van der Waals surface area (Å²) >= 11 is 1.20. The van der Waals surface area contributed by atoms with Gasteiger partial charge in [0.1, 0.15) is 5.82 Å². The second-order valence-corrected chi connectivity index (χ2v) is 5.34. The van der Waals surface area contributed by atoms with Crippen LogP contribution < -0.4 is 16.4 Å². The van der Waals surface area contributed by atoms with Crippen molar-refractivity contribution in [2.45, 2.75) is 23.5 Å². The van der Waals surface area contributed by atoms with Crippen LogP contribution in [0.3, 0.4) is 0 Å². The molecule has 0 aliphatic rings.